The number of nitrogens with zero attached hydrogens (tertiary/aromatic N) is 7. The molecule has 0 aliphatic rings. The summed E-state index contributed by atoms with van der Waals surface area (Å²) in [6.45, 7) is 15.0. The number of alkyl halides is 6. The lowest BCUT2D eigenvalue weighted by Crippen LogP contribution is -2.14. The lowest BCUT2D eigenvalue weighted by molar-refractivity contribution is -0.142. The van der Waals surface area contributed by atoms with Gasteiger partial charge in [0.25, 0.3) is 0 Å². The van der Waals surface area contributed by atoms with Crippen molar-refractivity contribution in [3.8, 4) is 74.1 Å². The first kappa shape index (κ1) is 46.0. The predicted octanol–water partition coefficient (Wildman–Crippen LogP) is 17.3. The third-order valence-electron chi connectivity index (χ3n) is 13.3. The first-order valence-corrected chi connectivity index (χ1v) is 22.6. The van der Waals surface area contributed by atoms with Crippen LogP contribution in [0.5, 0.6) is 0 Å². The number of hydrogen-bond donors (Lipinski definition) is 0. The molecule has 13 heteroatoms. The molecular formula is C61H29F6N7. The predicted molar refractivity (Wildman–Crippen MR) is 274 cm³/mol. The second-order valence-electron chi connectivity index (χ2n) is 17.4. The Morgan fingerprint density at radius 2 is 0.865 bits per heavy atom. The van der Waals surface area contributed by atoms with Crippen molar-refractivity contribution >= 4 is 55.0 Å². The molecule has 0 saturated heterocycles. The third kappa shape index (κ3) is 7.51. The molecule has 0 amide bonds. The van der Waals surface area contributed by atoms with Gasteiger partial charge in [-0.1, -0.05) is 91.0 Å². The molecular weight excluding hydrogens is 945 g/mol. The van der Waals surface area contributed by atoms with Crippen LogP contribution in [0.25, 0.3) is 109 Å². The molecule has 0 spiro atoms. The molecule has 11 rings (SSSR count). The Hall–Kier alpha value is -10.4. The second kappa shape index (κ2) is 17.5. The van der Waals surface area contributed by atoms with E-state index in [0.29, 0.717) is 89.8 Å². The Bertz CT molecular complexity index is 4390. The minimum atomic E-state index is -5.18. The molecule has 0 aliphatic carbocycles. The van der Waals surface area contributed by atoms with Crippen molar-refractivity contribution in [2.24, 2.45) is 0 Å². The maximum atomic E-state index is 15.0. The molecule has 9 aromatic carbocycles. The number of para-hydroxylation sites is 2. The summed E-state index contributed by atoms with van der Waals surface area (Å²) >= 11 is 0. The van der Waals surface area contributed by atoms with Gasteiger partial charge in [0.1, 0.15) is 0 Å². The largest absolute Gasteiger partial charge is 0.417 e. The van der Waals surface area contributed by atoms with Gasteiger partial charge in [-0.05, 0) is 113 Å². The summed E-state index contributed by atoms with van der Waals surface area (Å²) < 4.78 is 93.7. The highest BCUT2D eigenvalue weighted by molar-refractivity contribution is 6.13. The minimum Gasteiger partial charge on any atom is -0.309 e. The van der Waals surface area contributed by atoms with Crippen LogP contribution in [0, 0.1) is 47.1 Å². The van der Waals surface area contributed by atoms with E-state index in [1.54, 1.807) is 71.3 Å². The Morgan fingerprint density at radius 1 is 0.392 bits per heavy atom. The van der Waals surface area contributed by atoms with Crippen molar-refractivity contribution in [3.63, 3.8) is 0 Å². The van der Waals surface area contributed by atoms with Crippen LogP contribution in [0.1, 0.15) is 27.8 Å². The van der Waals surface area contributed by atoms with Crippen molar-refractivity contribution in [3.05, 3.63) is 227 Å². The standard InChI is InChI=1S/C61H29F6N7/c1-71-41-18-21-43(39(27-41)33-69)36-16-24-56-49(29-36)45-8-3-5-12-53(45)73(56)55-23-14-35(32-68)26-48(55)47-20-15-38(59-51(60(62,63)64)10-7-11-52(59)61(65,66)67)31-58(47)74-54-13-6-4-9-46(54)50-30-37(17-25-57(50)74)44-22-19-42(72-2)28-40(44)34-70/h3-31H. The van der Waals surface area contributed by atoms with Gasteiger partial charge in [0.2, 0.25) is 0 Å². The van der Waals surface area contributed by atoms with Gasteiger partial charge >= 0.3 is 12.4 Å². The molecule has 0 atom stereocenters. The van der Waals surface area contributed by atoms with Gasteiger partial charge in [-0.25, -0.2) is 9.69 Å². The van der Waals surface area contributed by atoms with Crippen LogP contribution in [0.3, 0.4) is 0 Å². The summed E-state index contributed by atoms with van der Waals surface area (Å²) in [6.07, 6.45) is -10.4. The Morgan fingerprint density at radius 3 is 1.35 bits per heavy atom. The molecule has 74 heavy (non-hydrogen) atoms. The number of halogens is 6. The average Bonchev–Trinajstić information content (AvgIpc) is 3.93. The zero-order chi connectivity index (χ0) is 51.6. The van der Waals surface area contributed by atoms with Gasteiger partial charge in [0.15, 0.2) is 11.4 Å². The minimum absolute atomic E-state index is 0.192. The number of aromatic nitrogens is 2. The smallest absolute Gasteiger partial charge is 0.309 e. The number of rotatable bonds is 6. The van der Waals surface area contributed by atoms with Crippen LogP contribution < -0.4 is 0 Å². The number of benzene rings is 9. The molecule has 0 radical (unpaired) electrons. The summed E-state index contributed by atoms with van der Waals surface area (Å²) in [5, 5.41) is 33.6. The molecule has 0 bridgehead atoms. The van der Waals surface area contributed by atoms with Gasteiger partial charge in [0, 0.05) is 49.4 Å². The molecule has 0 aliphatic heterocycles. The van der Waals surface area contributed by atoms with E-state index >= 15 is 0 Å². The van der Waals surface area contributed by atoms with Crippen LogP contribution in [0.2, 0.25) is 0 Å². The molecule has 7 nitrogen and oxygen atoms in total. The fourth-order valence-electron chi connectivity index (χ4n) is 10.1. The van der Waals surface area contributed by atoms with Gasteiger partial charge < -0.3 is 9.13 Å². The van der Waals surface area contributed by atoms with E-state index in [4.69, 9.17) is 13.1 Å². The summed E-state index contributed by atoms with van der Waals surface area (Å²) in [6, 6.07) is 53.3. The van der Waals surface area contributed by atoms with Gasteiger partial charge in [-0.15, -0.1) is 0 Å². The molecule has 2 heterocycles. The highest BCUT2D eigenvalue weighted by Gasteiger charge is 2.41. The van der Waals surface area contributed by atoms with E-state index in [1.807, 2.05) is 65.2 Å². The summed E-state index contributed by atoms with van der Waals surface area (Å²) in [7, 11) is 0. The van der Waals surface area contributed by atoms with E-state index < -0.39 is 29.0 Å². The molecule has 0 N–H and O–H groups in total. The van der Waals surface area contributed by atoms with Gasteiger partial charge in [-0.3, -0.25) is 0 Å². The Labute approximate surface area is 417 Å². The zero-order valence-corrected chi connectivity index (χ0v) is 38.1. The third-order valence-corrected chi connectivity index (χ3v) is 13.3. The lowest BCUT2D eigenvalue weighted by Gasteiger charge is -2.22. The SMILES string of the molecule is [C-]#[N+]c1ccc(-c2ccc3c(c2)c2ccccc2n3-c2ccc(C#N)cc2-c2ccc(-c3c(C(F)(F)F)cccc3C(F)(F)F)cc2-n2c3ccccc3c3cc(-c4ccc([N+]#[C-])cc4C#N)ccc32)c(C#N)c1. The maximum Gasteiger partial charge on any atom is 0.417 e. The molecule has 0 saturated carbocycles. The van der Waals surface area contributed by atoms with Crippen molar-refractivity contribution in [1.29, 1.82) is 15.8 Å². The van der Waals surface area contributed by atoms with Crippen molar-refractivity contribution < 1.29 is 26.3 Å². The van der Waals surface area contributed by atoms with E-state index in [9.17, 15) is 42.1 Å². The number of fused-ring (bicyclic) bond motifs is 6. The lowest BCUT2D eigenvalue weighted by atomic mass is 9.90. The van der Waals surface area contributed by atoms with E-state index in [2.05, 4.69) is 27.9 Å². The average molecular weight is 974 g/mol. The summed E-state index contributed by atoms with van der Waals surface area (Å²) in [5.74, 6) is 0. The first-order chi connectivity index (χ1) is 35.7. The highest BCUT2D eigenvalue weighted by atomic mass is 19.4. The monoisotopic (exact) mass is 973 g/mol. The van der Waals surface area contributed by atoms with Crippen LogP contribution in [0.4, 0.5) is 37.7 Å². The molecule has 0 unspecified atom stereocenters. The second-order valence-corrected chi connectivity index (χ2v) is 17.4. The topological polar surface area (TPSA) is 89.9 Å². The van der Waals surface area contributed by atoms with Crippen molar-refractivity contribution in [2.45, 2.75) is 12.4 Å². The van der Waals surface area contributed by atoms with E-state index in [1.165, 1.54) is 30.3 Å². The van der Waals surface area contributed by atoms with Crippen molar-refractivity contribution in [1.82, 2.24) is 9.13 Å². The van der Waals surface area contributed by atoms with Crippen LogP contribution in [-0.2, 0) is 12.4 Å². The van der Waals surface area contributed by atoms with Crippen molar-refractivity contribution in [2.75, 3.05) is 0 Å². The molecule has 0 fully saturated rings. The Kier molecular flexibility index (Phi) is 10.9. The summed E-state index contributed by atoms with van der Waals surface area (Å²) in [4.78, 5) is 6.94. The van der Waals surface area contributed by atoms with Gasteiger partial charge in [-0.2, -0.15) is 42.1 Å². The fraction of sp³-hybridized carbons (Fsp3) is 0.0328. The number of nitriles is 3. The normalized spacial score (nSPS) is 11.6. The van der Waals surface area contributed by atoms with Gasteiger partial charge in [0.05, 0.1) is 81.5 Å². The van der Waals surface area contributed by atoms with Crippen LogP contribution >= 0.6 is 0 Å². The number of hydrogen-bond acceptors (Lipinski definition) is 3. The van der Waals surface area contributed by atoms with Crippen LogP contribution in [0.15, 0.2) is 176 Å². The molecule has 2 aromatic heterocycles. The maximum absolute atomic E-state index is 15.0. The molecule has 11 aromatic rings. The zero-order valence-electron chi connectivity index (χ0n) is 38.1. The fourth-order valence-corrected chi connectivity index (χ4v) is 10.1. The summed E-state index contributed by atoms with van der Waals surface area (Å²) in [5.41, 5.74) is 3.51. The highest BCUT2D eigenvalue weighted by Crippen LogP contribution is 2.48. The van der Waals surface area contributed by atoms with E-state index in [-0.39, 0.29) is 28.1 Å². The van der Waals surface area contributed by atoms with Crippen LogP contribution in [-0.4, -0.2) is 9.13 Å². The first-order valence-electron chi connectivity index (χ1n) is 22.6. The van der Waals surface area contributed by atoms with E-state index in [0.717, 1.165) is 22.4 Å². The Balaban J connectivity index is 1.23. The molecule has 350 valence electrons. The quantitative estimate of drug-likeness (QED) is 0.123.